The fourth-order valence-corrected chi connectivity index (χ4v) is 0.803. The van der Waals surface area contributed by atoms with E-state index in [2.05, 4.69) is 10.8 Å². The first kappa shape index (κ1) is 14.7. The lowest BCUT2D eigenvalue weighted by atomic mass is 10.0. The summed E-state index contributed by atoms with van der Waals surface area (Å²) in [7, 11) is 0. The first-order valence-corrected chi connectivity index (χ1v) is 4.32. The summed E-state index contributed by atoms with van der Waals surface area (Å²) in [5.41, 5.74) is 6.41. The Bertz CT molecular complexity index is 248. The molecule has 0 aliphatic heterocycles. The van der Waals surface area contributed by atoms with Crippen molar-refractivity contribution in [1.29, 1.82) is 0 Å². The zero-order chi connectivity index (χ0) is 12.7. The molecule has 0 fully saturated rings. The number of nitrogens with two attached hydrogens (primary N) is 1. The molecule has 9 heteroatoms. The maximum absolute atomic E-state index is 10.2. The van der Waals surface area contributed by atoms with Crippen molar-refractivity contribution in [2.24, 2.45) is 10.8 Å². The predicted octanol–water partition coefficient (Wildman–Crippen LogP) is -3.92. The van der Waals surface area contributed by atoms with Gasteiger partial charge in [-0.1, -0.05) is 0 Å². The van der Waals surface area contributed by atoms with Crippen LogP contribution in [-0.2, 0) is 0 Å². The molecule has 16 heavy (non-hydrogen) atoms. The normalized spacial score (nSPS) is 19.1. The van der Waals surface area contributed by atoms with Gasteiger partial charge < -0.3 is 31.3 Å². The fraction of sp³-hybridized carbons (Fsp3) is 0.714. The minimum atomic E-state index is -1.76. The predicted molar refractivity (Wildman–Crippen MR) is 52.3 cm³/mol. The van der Waals surface area contributed by atoms with Crippen molar-refractivity contribution in [2.75, 3.05) is 6.61 Å². The monoisotopic (exact) mass is 237 g/mol. The molecule has 0 bridgehead atoms. The molecular formula is C7H15N3O6. The lowest BCUT2D eigenvalue weighted by Gasteiger charge is -2.23. The number of hydrogen-bond donors (Lipinski definition) is 7. The van der Waals surface area contributed by atoms with Crippen LogP contribution in [0.5, 0.6) is 0 Å². The lowest BCUT2D eigenvalue weighted by Crippen LogP contribution is -2.46. The van der Waals surface area contributed by atoms with Crippen molar-refractivity contribution >= 4 is 12.2 Å². The molecule has 2 amide bonds. The summed E-state index contributed by atoms with van der Waals surface area (Å²) in [5.74, 6) is 0. The highest BCUT2D eigenvalue weighted by atomic mass is 16.4. The van der Waals surface area contributed by atoms with E-state index in [1.165, 1.54) is 0 Å². The lowest BCUT2D eigenvalue weighted by molar-refractivity contribution is -0.0999. The highest BCUT2D eigenvalue weighted by Gasteiger charge is 2.29. The molecule has 0 radical (unpaired) electrons. The average Bonchev–Trinajstić information content (AvgIpc) is 2.25. The molecule has 0 spiro atoms. The summed E-state index contributed by atoms with van der Waals surface area (Å²) in [5, 5.41) is 48.2. The van der Waals surface area contributed by atoms with Crippen molar-refractivity contribution < 1.29 is 30.3 Å². The van der Waals surface area contributed by atoms with Gasteiger partial charge in [0.15, 0.2) is 0 Å². The molecule has 0 rings (SSSR count). The van der Waals surface area contributed by atoms with Crippen LogP contribution in [-0.4, -0.2) is 68.8 Å². The number of hydrogen-bond acceptors (Lipinski definition) is 7. The van der Waals surface area contributed by atoms with Crippen LogP contribution in [0.25, 0.3) is 0 Å². The van der Waals surface area contributed by atoms with Crippen LogP contribution >= 0.6 is 0 Å². The molecule has 0 aromatic rings. The Morgan fingerprint density at radius 2 is 1.88 bits per heavy atom. The number of rotatable bonds is 6. The van der Waals surface area contributed by atoms with E-state index < -0.39 is 37.1 Å². The Kier molecular flexibility index (Phi) is 6.53. The standard InChI is InChI=1S/C7H15N3O6/c8-7(16)10-9-1-3(12)5(14)6(15)4(13)2-11/h1,3-6,11-15H,2H2,(H3,8,10,16)/b9-1+/t3-,4-,5-,6-/m0/s1. The Morgan fingerprint density at radius 3 is 2.31 bits per heavy atom. The summed E-state index contributed by atoms with van der Waals surface area (Å²) in [6, 6.07) is -0.964. The molecule has 0 heterocycles. The maximum atomic E-state index is 10.2. The highest BCUT2D eigenvalue weighted by molar-refractivity contribution is 5.73. The van der Waals surface area contributed by atoms with E-state index >= 15 is 0 Å². The third kappa shape index (κ3) is 5.00. The number of carbonyl (C=O) groups excluding carboxylic acids is 1. The SMILES string of the molecule is NC(=O)N/N=C/[C@H](O)[C@H](O)[C@@H](O)[C@@H](O)CO. The Labute approximate surface area is 90.8 Å². The number of amides is 2. The van der Waals surface area contributed by atoms with E-state index in [0.29, 0.717) is 6.21 Å². The van der Waals surface area contributed by atoms with Crippen molar-refractivity contribution in [3.63, 3.8) is 0 Å². The van der Waals surface area contributed by atoms with Gasteiger partial charge in [-0.15, -0.1) is 0 Å². The van der Waals surface area contributed by atoms with Crippen molar-refractivity contribution in [2.45, 2.75) is 24.4 Å². The number of aliphatic hydroxyl groups is 5. The van der Waals surface area contributed by atoms with Gasteiger partial charge in [0, 0.05) is 0 Å². The van der Waals surface area contributed by atoms with Gasteiger partial charge in [-0.25, -0.2) is 10.2 Å². The molecule has 4 atom stereocenters. The fourth-order valence-electron chi connectivity index (χ4n) is 0.803. The number of nitrogens with one attached hydrogen (secondary N) is 1. The van der Waals surface area contributed by atoms with Gasteiger partial charge in [-0.3, -0.25) is 0 Å². The van der Waals surface area contributed by atoms with Crippen LogP contribution in [0.1, 0.15) is 0 Å². The summed E-state index contributed by atoms with van der Waals surface area (Å²) in [6.07, 6.45) is -6.03. The van der Waals surface area contributed by atoms with Gasteiger partial charge >= 0.3 is 6.03 Å². The van der Waals surface area contributed by atoms with Crippen LogP contribution in [0.15, 0.2) is 5.10 Å². The number of aliphatic hydroxyl groups excluding tert-OH is 5. The van der Waals surface area contributed by atoms with E-state index in [9.17, 15) is 20.1 Å². The number of hydrazone groups is 1. The van der Waals surface area contributed by atoms with Gasteiger partial charge in [0.2, 0.25) is 0 Å². The second-order valence-corrected chi connectivity index (χ2v) is 2.98. The van der Waals surface area contributed by atoms with E-state index in [4.69, 9.17) is 10.2 Å². The number of urea groups is 1. The van der Waals surface area contributed by atoms with E-state index in [1.807, 2.05) is 0 Å². The molecular weight excluding hydrogens is 222 g/mol. The molecule has 0 aromatic heterocycles. The smallest absolute Gasteiger partial charge is 0.332 e. The number of primary amides is 1. The molecule has 9 nitrogen and oxygen atoms in total. The average molecular weight is 237 g/mol. The summed E-state index contributed by atoms with van der Waals surface area (Å²) in [6.45, 7) is -0.776. The molecule has 0 aliphatic rings. The quantitative estimate of drug-likeness (QED) is 0.184. The zero-order valence-corrected chi connectivity index (χ0v) is 8.26. The van der Waals surface area contributed by atoms with E-state index in [1.54, 1.807) is 5.43 Å². The van der Waals surface area contributed by atoms with Gasteiger partial charge in [0.05, 0.1) is 12.8 Å². The third-order valence-electron chi connectivity index (χ3n) is 1.68. The summed E-state index contributed by atoms with van der Waals surface area (Å²) in [4.78, 5) is 10.2. The summed E-state index contributed by atoms with van der Waals surface area (Å²) >= 11 is 0. The van der Waals surface area contributed by atoms with Crippen LogP contribution in [0.3, 0.4) is 0 Å². The molecule has 0 aromatic carbocycles. The minimum Gasteiger partial charge on any atom is -0.394 e. The Morgan fingerprint density at radius 1 is 1.31 bits per heavy atom. The van der Waals surface area contributed by atoms with Crippen LogP contribution in [0.2, 0.25) is 0 Å². The summed E-state index contributed by atoms with van der Waals surface area (Å²) < 4.78 is 0. The van der Waals surface area contributed by atoms with Crippen LogP contribution in [0, 0.1) is 0 Å². The third-order valence-corrected chi connectivity index (χ3v) is 1.68. The second-order valence-electron chi connectivity index (χ2n) is 2.98. The largest absolute Gasteiger partial charge is 0.394 e. The molecule has 0 saturated carbocycles. The van der Waals surface area contributed by atoms with Crippen molar-refractivity contribution in [3.05, 3.63) is 0 Å². The van der Waals surface area contributed by atoms with E-state index in [0.717, 1.165) is 0 Å². The number of nitrogens with zero attached hydrogens (tertiary/aromatic N) is 1. The first-order valence-electron chi connectivity index (χ1n) is 4.32. The molecule has 0 aliphatic carbocycles. The minimum absolute atomic E-state index is 0.711. The van der Waals surface area contributed by atoms with Crippen molar-refractivity contribution in [3.8, 4) is 0 Å². The highest BCUT2D eigenvalue weighted by Crippen LogP contribution is 2.03. The topological polar surface area (TPSA) is 169 Å². The van der Waals surface area contributed by atoms with Crippen LogP contribution in [0.4, 0.5) is 4.79 Å². The Hall–Kier alpha value is -1.26. The van der Waals surface area contributed by atoms with Gasteiger partial charge in [-0.05, 0) is 0 Å². The van der Waals surface area contributed by atoms with E-state index in [-0.39, 0.29) is 0 Å². The Balaban J connectivity index is 4.21. The first-order chi connectivity index (χ1) is 7.40. The molecule has 8 N–H and O–H groups in total. The molecule has 0 unspecified atom stereocenters. The van der Waals surface area contributed by atoms with Gasteiger partial charge in [0.1, 0.15) is 24.4 Å². The maximum Gasteiger partial charge on any atom is 0.332 e. The second kappa shape index (κ2) is 7.09. The zero-order valence-electron chi connectivity index (χ0n) is 8.26. The van der Waals surface area contributed by atoms with Gasteiger partial charge in [0.25, 0.3) is 0 Å². The number of carbonyl (C=O) groups is 1. The van der Waals surface area contributed by atoms with Gasteiger partial charge in [-0.2, -0.15) is 5.10 Å². The van der Waals surface area contributed by atoms with Crippen molar-refractivity contribution in [1.82, 2.24) is 5.43 Å². The molecule has 94 valence electrons. The van der Waals surface area contributed by atoms with Crippen LogP contribution < -0.4 is 11.2 Å². The molecule has 0 saturated heterocycles.